The van der Waals surface area contributed by atoms with E-state index in [4.69, 9.17) is 5.11 Å². The van der Waals surface area contributed by atoms with Crippen LogP contribution in [0.2, 0.25) is 0 Å². The van der Waals surface area contributed by atoms with Gasteiger partial charge in [-0.2, -0.15) is 0 Å². The molecule has 1 aromatic carbocycles. The zero-order valence-electron chi connectivity index (χ0n) is 13.3. The molecule has 0 fully saturated rings. The maximum absolute atomic E-state index is 12.8. The van der Waals surface area contributed by atoms with Crippen LogP contribution < -0.4 is 5.56 Å². The zero-order valence-corrected chi connectivity index (χ0v) is 14.9. The third-order valence-corrected chi connectivity index (χ3v) is 5.59. The molecule has 2 heterocycles. The average Bonchev–Trinajstić information content (AvgIpc) is 3.01. The summed E-state index contributed by atoms with van der Waals surface area (Å²) in [6.45, 7) is 2.43. The van der Waals surface area contributed by atoms with Crippen LogP contribution >= 0.6 is 23.1 Å². The van der Waals surface area contributed by atoms with Crippen molar-refractivity contribution in [1.82, 2.24) is 9.55 Å². The molecule has 5 nitrogen and oxygen atoms in total. The number of thiophene rings is 1. The van der Waals surface area contributed by atoms with E-state index in [9.17, 15) is 9.59 Å². The summed E-state index contributed by atoms with van der Waals surface area (Å²) in [6, 6.07) is 8.48. The van der Waals surface area contributed by atoms with Gasteiger partial charge in [0, 0.05) is 4.88 Å². The molecular formula is C17H16N2O3S2. The SMILES string of the molecule is CCc1cc2c(=O)n(Cc3ccc(C(=O)O)cc3)c(SC)nc2s1. The van der Waals surface area contributed by atoms with Crippen molar-refractivity contribution in [3.63, 3.8) is 0 Å². The van der Waals surface area contributed by atoms with Gasteiger partial charge in [-0.25, -0.2) is 9.78 Å². The van der Waals surface area contributed by atoms with Gasteiger partial charge in [-0.15, -0.1) is 11.3 Å². The number of thioether (sulfide) groups is 1. The third-order valence-electron chi connectivity index (χ3n) is 3.74. The lowest BCUT2D eigenvalue weighted by molar-refractivity contribution is 0.0697. The molecule has 0 saturated carbocycles. The highest BCUT2D eigenvalue weighted by atomic mass is 32.2. The number of fused-ring (bicyclic) bond motifs is 1. The Kier molecular flexibility index (Phi) is 4.73. The lowest BCUT2D eigenvalue weighted by Gasteiger charge is -2.10. The summed E-state index contributed by atoms with van der Waals surface area (Å²) < 4.78 is 1.65. The maximum atomic E-state index is 12.8. The Balaban J connectivity index is 2.05. The Labute approximate surface area is 147 Å². The molecule has 0 bridgehead atoms. The van der Waals surface area contributed by atoms with E-state index in [1.165, 1.54) is 11.8 Å². The van der Waals surface area contributed by atoms with Crippen LogP contribution in [0.4, 0.5) is 0 Å². The summed E-state index contributed by atoms with van der Waals surface area (Å²) in [5, 5.41) is 10.3. The lowest BCUT2D eigenvalue weighted by Crippen LogP contribution is -2.23. The highest BCUT2D eigenvalue weighted by Gasteiger charge is 2.14. The average molecular weight is 360 g/mol. The molecule has 0 amide bonds. The van der Waals surface area contributed by atoms with Crippen molar-refractivity contribution in [2.75, 3.05) is 6.26 Å². The zero-order chi connectivity index (χ0) is 17.3. The number of carboxylic acid groups (broad SMARTS) is 1. The predicted molar refractivity (Wildman–Crippen MR) is 97.5 cm³/mol. The van der Waals surface area contributed by atoms with E-state index in [2.05, 4.69) is 11.9 Å². The minimum absolute atomic E-state index is 0.0531. The second kappa shape index (κ2) is 6.78. The molecule has 3 rings (SSSR count). The summed E-state index contributed by atoms with van der Waals surface area (Å²) >= 11 is 2.99. The Hall–Kier alpha value is -2.12. The van der Waals surface area contributed by atoms with Crippen molar-refractivity contribution < 1.29 is 9.90 Å². The van der Waals surface area contributed by atoms with Gasteiger partial charge in [-0.1, -0.05) is 30.8 Å². The van der Waals surface area contributed by atoms with E-state index in [1.807, 2.05) is 12.3 Å². The predicted octanol–water partition coefficient (Wildman–Crippen LogP) is 3.49. The number of hydrogen-bond donors (Lipinski definition) is 1. The monoisotopic (exact) mass is 360 g/mol. The van der Waals surface area contributed by atoms with Crippen LogP contribution in [0.5, 0.6) is 0 Å². The highest BCUT2D eigenvalue weighted by molar-refractivity contribution is 7.98. The molecule has 0 atom stereocenters. The second-order valence-corrected chi connectivity index (χ2v) is 7.17. The van der Waals surface area contributed by atoms with Gasteiger partial charge in [0.15, 0.2) is 5.16 Å². The molecule has 0 aliphatic heterocycles. The van der Waals surface area contributed by atoms with Gasteiger partial charge in [-0.05, 0) is 36.4 Å². The molecule has 0 unspecified atom stereocenters. The molecule has 0 saturated heterocycles. The standard InChI is InChI=1S/C17H16N2O3S2/c1-3-12-8-13-14(24-12)18-17(23-2)19(15(13)20)9-10-4-6-11(7-5-10)16(21)22/h4-8H,3,9H2,1-2H3,(H,21,22). The van der Waals surface area contributed by atoms with E-state index in [0.717, 1.165) is 21.7 Å². The molecule has 0 aliphatic carbocycles. The molecule has 0 aliphatic rings. The van der Waals surface area contributed by atoms with Crippen LogP contribution in [0.25, 0.3) is 10.2 Å². The van der Waals surface area contributed by atoms with Gasteiger partial charge in [0.05, 0.1) is 17.5 Å². The summed E-state index contributed by atoms with van der Waals surface area (Å²) in [5.74, 6) is -0.961. The fraction of sp³-hybridized carbons (Fsp3) is 0.235. The molecule has 2 aromatic heterocycles. The summed E-state index contributed by atoms with van der Waals surface area (Å²) in [6.07, 6.45) is 2.78. The normalized spacial score (nSPS) is 11.1. The van der Waals surface area contributed by atoms with Gasteiger partial charge >= 0.3 is 5.97 Å². The number of aryl methyl sites for hydroxylation is 1. The molecule has 0 spiro atoms. The number of rotatable bonds is 5. The van der Waals surface area contributed by atoms with Crippen LogP contribution in [0.15, 0.2) is 40.3 Å². The molecule has 0 radical (unpaired) electrons. The third kappa shape index (κ3) is 3.09. The van der Waals surface area contributed by atoms with Gasteiger partial charge < -0.3 is 5.11 Å². The largest absolute Gasteiger partial charge is 0.478 e. The minimum Gasteiger partial charge on any atom is -0.478 e. The van der Waals surface area contributed by atoms with Gasteiger partial charge in [0.25, 0.3) is 5.56 Å². The van der Waals surface area contributed by atoms with Crippen molar-refractivity contribution >= 4 is 39.3 Å². The van der Waals surface area contributed by atoms with E-state index in [0.29, 0.717) is 17.1 Å². The number of benzene rings is 1. The van der Waals surface area contributed by atoms with Crippen LogP contribution in [-0.4, -0.2) is 26.9 Å². The maximum Gasteiger partial charge on any atom is 0.335 e. The van der Waals surface area contributed by atoms with Crippen molar-refractivity contribution in [1.29, 1.82) is 0 Å². The van der Waals surface area contributed by atoms with Crippen LogP contribution in [0.3, 0.4) is 0 Å². The van der Waals surface area contributed by atoms with Crippen molar-refractivity contribution in [2.24, 2.45) is 0 Å². The van der Waals surface area contributed by atoms with Crippen LogP contribution in [0, 0.1) is 0 Å². The number of hydrogen-bond acceptors (Lipinski definition) is 5. The van der Waals surface area contributed by atoms with E-state index in [1.54, 1.807) is 40.2 Å². The first-order chi connectivity index (χ1) is 11.5. The van der Waals surface area contributed by atoms with E-state index >= 15 is 0 Å². The topological polar surface area (TPSA) is 72.2 Å². The van der Waals surface area contributed by atoms with Crippen molar-refractivity contribution in [3.05, 3.63) is 56.7 Å². The lowest BCUT2D eigenvalue weighted by atomic mass is 10.1. The number of carboxylic acids is 1. The first-order valence-electron chi connectivity index (χ1n) is 7.43. The number of carbonyl (C=O) groups is 1. The summed E-state index contributed by atoms with van der Waals surface area (Å²) in [7, 11) is 0. The number of aromatic carboxylic acids is 1. The molecular weight excluding hydrogens is 344 g/mol. The Morgan fingerprint density at radius 3 is 2.62 bits per heavy atom. The quantitative estimate of drug-likeness (QED) is 0.557. The van der Waals surface area contributed by atoms with Gasteiger partial charge in [0.2, 0.25) is 0 Å². The minimum atomic E-state index is -0.961. The highest BCUT2D eigenvalue weighted by Crippen LogP contribution is 2.24. The van der Waals surface area contributed by atoms with Crippen molar-refractivity contribution in [2.45, 2.75) is 25.0 Å². The van der Waals surface area contributed by atoms with Gasteiger partial charge in [-0.3, -0.25) is 9.36 Å². The van der Waals surface area contributed by atoms with Gasteiger partial charge in [0.1, 0.15) is 4.83 Å². The number of aromatic nitrogens is 2. The molecule has 24 heavy (non-hydrogen) atoms. The molecule has 1 N–H and O–H groups in total. The second-order valence-electron chi connectivity index (χ2n) is 5.28. The van der Waals surface area contributed by atoms with E-state index in [-0.39, 0.29) is 11.1 Å². The Morgan fingerprint density at radius 1 is 1.33 bits per heavy atom. The first kappa shape index (κ1) is 16.7. The fourth-order valence-electron chi connectivity index (χ4n) is 2.45. The van der Waals surface area contributed by atoms with E-state index < -0.39 is 5.97 Å². The molecule has 3 aromatic rings. The van der Waals surface area contributed by atoms with Crippen molar-refractivity contribution in [3.8, 4) is 0 Å². The fourth-order valence-corrected chi connectivity index (χ4v) is 4.02. The Morgan fingerprint density at radius 2 is 2.04 bits per heavy atom. The summed E-state index contributed by atoms with van der Waals surface area (Å²) in [4.78, 5) is 30.3. The smallest absolute Gasteiger partial charge is 0.335 e. The Bertz CT molecular complexity index is 958. The molecule has 124 valence electrons. The van der Waals surface area contributed by atoms with Crippen LogP contribution in [-0.2, 0) is 13.0 Å². The molecule has 7 heteroatoms. The first-order valence-corrected chi connectivity index (χ1v) is 9.47. The number of nitrogens with zero attached hydrogens (tertiary/aromatic N) is 2. The van der Waals surface area contributed by atoms with Crippen LogP contribution in [0.1, 0.15) is 27.7 Å². The summed E-state index contributed by atoms with van der Waals surface area (Å²) in [5.41, 5.74) is 1.04.